The predicted molar refractivity (Wildman–Crippen MR) is 37.9 cm³/mol. The molecule has 1 heterocycles. The SMILES string of the molecule is C=C1C(CO)OC(OC)C1O. The molecule has 0 aromatic carbocycles. The van der Waals surface area contributed by atoms with E-state index in [1.54, 1.807) is 0 Å². The summed E-state index contributed by atoms with van der Waals surface area (Å²) in [5.74, 6) is 0. The monoisotopic (exact) mass is 160 g/mol. The highest BCUT2D eigenvalue weighted by Crippen LogP contribution is 2.24. The van der Waals surface area contributed by atoms with Gasteiger partial charge in [-0.1, -0.05) is 6.58 Å². The average Bonchev–Trinajstić information content (AvgIpc) is 2.30. The molecule has 0 aliphatic carbocycles. The second-order valence-electron chi connectivity index (χ2n) is 2.43. The lowest BCUT2D eigenvalue weighted by atomic mass is 10.1. The van der Waals surface area contributed by atoms with E-state index < -0.39 is 18.5 Å². The number of hydrogen-bond donors (Lipinski definition) is 2. The van der Waals surface area contributed by atoms with E-state index in [0.717, 1.165) is 0 Å². The molecule has 1 aliphatic rings. The Morgan fingerprint density at radius 2 is 2.36 bits per heavy atom. The van der Waals surface area contributed by atoms with Crippen molar-refractivity contribution in [3.63, 3.8) is 0 Å². The van der Waals surface area contributed by atoms with Crippen LogP contribution in [0.25, 0.3) is 0 Å². The molecule has 0 amide bonds. The van der Waals surface area contributed by atoms with Crippen LogP contribution >= 0.6 is 0 Å². The Labute approximate surface area is 65.0 Å². The lowest BCUT2D eigenvalue weighted by Gasteiger charge is -2.10. The van der Waals surface area contributed by atoms with Gasteiger partial charge >= 0.3 is 0 Å². The highest BCUT2D eigenvalue weighted by Gasteiger charge is 2.36. The summed E-state index contributed by atoms with van der Waals surface area (Å²) in [5, 5.41) is 18.0. The van der Waals surface area contributed by atoms with Crippen LogP contribution in [-0.4, -0.2) is 42.4 Å². The molecule has 3 unspecified atom stereocenters. The Morgan fingerprint density at radius 3 is 2.64 bits per heavy atom. The Hall–Kier alpha value is -0.420. The van der Waals surface area contributed by atoms with E-state index in [1.807, 2.05) is 0 Å². The summed E-state index contributed by atoms with van der Waals surface area (Å²) in [6, 6.07) is 0. The molecular formula is C7H12O4. The van der Waals surface area contributed by atoms with Gasteiger partial charge in [-0.2, -0.15) is 0 Å². The molecule has 0 spiro atoms. The van der Waals surface area contributed by atoms with Crippen molar-refractivity contribution in [2.75, 3.05) is 13.7 Å². The van der Waals surface area contributed by atoms with Gasteiger partial charge in [0.25, 0.3) is 0 Å². The molecule has 0 aromatic rings. The van der Waals surface area contributed by atoms with Crippen LogP contribution in [0, 0.1) is 0 Å². The van der Waals surface area contributed by atoms with Gasteiger partial charge < -0.3 is 19.7 Å². The minimum Gasteiger partial charge on any atom is -0.393 e. The molecule has 0 saturated carbocycles. The van der Waals surface area contributed by atoms with E-state index in [2.05, 4.69) is 6.58 Å². The minimum absolute atomic E-state index is 0.171. The maximum absolute atomic E-state index is 9.30. The molecule has 2 N–H and O–H groups in total. The Balaban J connectivity index is 2.61. The van der Waals surface area contributed by atoms with Crippen LogP contribution in [0.2, 0.25) is 0 Å². The number of rotatable bonds is 2. The van der Waals surface area contributed by atoms with E-state index in [4.69, 9.17) is 14.6 Å². The molecule has 1 aliphatic heterocycles. The second-order valence-corrected chi connectivity index (χ2v) is 2.43. The topological polar surface area (TPSA) is 58.9 Å². The van der Waals surface area contributed by atoms with Gasteiger partial charge in [0.15, 0.2) is 6.29 Å². The number of methoxy groups -OCH3 is 1. The molecule has 64 valence electrons. The summed E-state index contributed by atoms with van der Waals surface area (Å²) in [7, 11) is 1.43. The standard InChI is InChI=1S/C7H12O4/c1-4-5(3-8)11-7(10-2)6(4)9/h5-9H,1,3H2,2H3. The fourth-order valence-corrected chi connectivity index (χ4v) is 1.03. The van der Waals surface area contributed by atoms with E-state index in [0.29, 0.717) is 5.57 Å². The maximum Gasteiger partial charge on any atom is 0.187 e. The number of ether oxygens (including phenoxy) is 2. The molecule has 0 radical (unpaired) electrons. The molecule has 3 atom stereocenters. The van der Waals surface area contributed by atoms with Gasteiger partial charge in [-0.05, 0) is 5.57 Å². The first kappa shape index (κ1) is 8.67. The second kappa shape index (κ2) is 3.32. The van der Waals surface area contributed by atoms with Crippen LogP contribution < -0.4 is 0 Å². The molecule has 4 nitrogen and oxygen atoms in total. The molecular weight excluding hydrogens is 148 g/mol. The zero-order chi connectivity index (χ0) is 8.43. The third kappa shape index (κ3) is 1.44. The van der Waals surface area contributed by atoms with Crippen LogP contribution in [0.15, 0.2) is 12.2 Å². The molecule has 1 rings (SSSR count). The van der Waals surface area contributed by atoms with Gasteiger partial charge in [0.1, 0.15) is 12.2 Å². The van der Waals surface area contributed by atoms with Crippen LogP contribution in [0.5, 0.6) is 0 Å². The van der Waals surface area contributed by atoms with Crippen LogP contribution in [0.1, 0.15) is 0 Å². The highest BCUT2D eigenvalue weighted by atomic mass is 16.7. The highest BCUT2D eigenvalue weighted by molar-refractivity contribution is 5.14. The zero-order valence-corrected chi connectivity index (χ0v) is 6.36. The van der Waals surface area contributed by atoms with Crippen molar-refractivity contribution in [1.29, 1.82) is 0 Å². The third-order valence-electron chi connectivity index (χ3n) is 1.75. The Bertz CT molecular complexity index is 153. The third-order valence-corrected chi connectivity index (χ3v) is 1.75. The van der Waals surface area contributed by atoms with E-state index in [-0.39, 0.29) is 6.61 Å². The van der Waals surface area contributed by atoms with Gasteiger partial charge in [-0.3, -0.25) is 0 Å². The maximum atomic E-state index is 9.30. The summed E-state index contributed by atoms with van der Waals surface area (Å²) in [6.45, 7) is 3.40. The minimum atomic E-state index is -0.822. The van der Waals surface area contributed by atoms with Crippen molar-refractivity contribution >= 4 is 0 Å². The number of aliphatic hydroxyl groups excluding tert-OH is 2. The quantitative estimate of drug-likeness (QED) is 0.523. The predicted octanol–water partition coefficient (Wildman–Crippen LogP) is -0.733. The molecule has 1 fully saturated rings. The van der Waals surface area contributed by atoms with Crippen molar-refractivity contribution in [2.45, 2.75) is 18.5 Å². The summed E-state index contributed by atoms with van der Waals surface area (Å²) in [5.41, 5.74) is 0.472. The lowest BCUT2D eigenvalue weighted by Crippen LogP contribution is -2.23. The van der Waals surface area contributed by atoms with E-state index in [1.165, 1.54) is 7.11 Å². The van der Waals surface area contributed by atoms with Crippen LogP contribution in [0.4, 0.5) is 0 Å². The van der Waals surface area contributed by atoms with Gasteiger partial charge in [-0.25, -0.2) is 0 Å². The lowest BCUT2D eigenvalue weighted by molar-refractivity contribution is -0.153. The average molecular weight is 160 g/mol. The Morgan fingerprint density at radius 1 is 1.73 bits per heavy atom. The summed E-state index contributed by atoms with van der Waals surface area (Å²) < 4.78 is 9.84. The first-order chi connectivity index (χ1) is 5.20. The van der Waals surface area contributed by atoms with Gasteiger partial charge in [-0.15, -0.1) is 0 Å². The van der Waals surface area contributed by atoms with E-state index in [9.17, 15) is 5.11 Å². The molecule has 1 saturated heterocycles. The zero-order valence-electron chi connectivity index (χ0n) is 6.36. The first-order valence-electron chi connectivity index (χ1n) is 3.36. The van der Waals surface area contributed by atoms with Crippen molar-refractivity contribution < 1.29 is 19.7 Å². The van der Waals surface area contributed by atoms with E-state index >= 15 is 0 Å². The van der Waals surface area contributed by atoms with Crippen molar-refractivity contribution in [3.8, 4) is 0 Å². The molecule has 11 heavy (non-hydrogen) atoms. The number of hydrogen-bond acceptors (Lipinski definition) is 4. The largest absolute Gasteiger partial charge is 0.393 e. The van der Waals surface area contributed by atoms with Crippen LogP contribution in [0.3, 0.4) is 0 Å². The van der Waals surface area contributed by atoms with Crippen molar-refractivity contribution in [1.82, 2.24) is 0 Å². The first-order valence-corrected chi connectivity index (χ1v) is 3.36. The smallest absolute Gasteiger partial charge is 0.187 e. The normalized spacial score (nSPS) is 38.1. The number of aliphatic hydroxyl groups is 2. The molecule has 4 heteroatoms. The van der Waals surface area contributed by atoms with Gasteiger partial charge in [0.05, 0.1) is 6.61 Å². The summed E-state index contributed by atoms with van der Waals surface area (Å²) >= 11 is 0. The summed E-state index contributed by atoms with van der Waals surface area (Å²) in [4.78, 5) is 0. The van der Waals surface area contributed by atoms with Gasteiger partial charge in [0, 0.05) is 7.11 Å². The van der Waals surface area contributed by atoms with Gasteiger partial charge in [0.2, 0.25) is 0 Å². The molecule has 0 bridgehead atoms. The van der Waals surface area contributed by atoms with Crippen LogP contribution in [-0.2, 0) is 9.47 Å². The fraction of sp³-hybridized carbons (Fsp3) is 0.714. The molecule has 0 aromatic heterocycles. The summed E-state index contributed by atoms with van der Waals surface area (Å²) in [6.07, 6.45) is -1.99. The van der Waals surface area contributed by atoms with Crippen molar-refractivity contribution in [2.24, 2.45) is 0 Å². The fourth-order valence-electron chi connectivity index (χ4n) is 1.03. The Kier molecular flexibility index (Phi) is 2.62. The van der Waals surface area contributed by atoms with Crippen molar-refractivity contribution in [3.05, 3.63) is 12.2 Å².